The van der Waals surface area contributed by atoms with E-state index in [-0.39, 0.29) is 5.91 Å². The summed E-state index contributed by atoms with van der Waals surface area (Å²) in [5.74, 6) is -0.0920. The second kappa shape index (κ2) is 6.60. The van der Waals surface area contributed by atoms with Gasteiger partial charge in [-0.3, -0.25) is 4.79 Å². The van der Waals surface area contributed by atoms with Gasteiger partial charge in [0.1, 0.15) is 0 Å². The molecule has 0 radical (unpaired) electrons. The van der Waals surface area contributed by atoms with Crippen LogP contribution in [0.15, 0.2) is 48.5 Å². The average molecular weight is 294 g/mol. The van der Waals surface area contributed by atoms with Crippen LogP contribution in [0, 0.1) is 0 Å². The van der Waals surface area contributed by atoms with Crippen LogP contribution < -0.4 is 5.32 Å². The number of benzene rings is 2. The molecule has 2 aromatic rings. The van der Waals surface area contributed by atoms with E-state index >= 15 is 0 Å². The summed E-state index contributed by atoms with van der Waals surface area (Å²) in [6.45, 7) is 0.586. The molecule has 2 rings (SSSR count). The van der Waals surface area contributed by atoms with Crippen molar-refractivity contribution in [3.8, 4) is 0 Å². The first-order valence-electron chi connectivity index (χ1n) is 5.93. The smallest absolute Gasteiger partial charge is 0.251 e. The van der Waals surface area contributed by atoms with Crippen LogP contribution in [-0.4, -0.2) is 12.5 Å². The number of carbonyl (C=O) groups is 1. The summed E-state index contributed by atoms with van der Waals surface area (Å²) in [4.78, 5) is 11.8. The molecular weight excluding hydrogens is 281 g/mol. The zero-order valence-corrected chi connectivity index (χ0v) is 11.7. The Morgan fingerprint density at radius 3 is 2.00 bits per heavy atom. The fourth-order valence-electron chi connectivity index (χ4n) is 1.67. The molecule has 4 heteroatoms. The maximum absolute atomic E-state index is 11.8. The molecule has 2 aromatic carbocycles. The number of carbonyl (C=O) groups excluding carboxylic acids is 1. The van der Waals surface area contributed by atoms with Gasteiger partial charge in [0, 0.05) is 22.2 Å². The third-order valence-corrected chi connectivity index (χ3v) is 3.22. The third kappa shape index (κ3) is 4.27. The Hall–Kier alpha value is -1.51. The van der Waals surface area contributed by atoms with Crippen LogP contribution in [0.25, 0.3) is 0 Å². The first-order valence-corrected chi connectivity index (χ1v) is 6.69. The van der Waals surface area contributed by atoms with E-state index in [1.807, 2.05) is 24.3 Å². The summed E-state index contributed by atoms with van der Waals surface area (Å²) >= 11 is 11.6. The Labute approximate surface area is 122 Å². The SMILES string of the molecule is O=C(NCCc1ccc(Cl)cc1)c1ccc(Cl)cc1. The fourth-order valence-corrected chi connectivity index (χ4v) is 1.93. The van der Waals surface area contributed by atoms with Gasteiger partial charge in [-0.25, -0.2) is 0 Å². The van der Waals surface area contributed by atoms with E-state index in [1.165, 1.54) is 0 Å². The van der Waals surface area contributed by atoms with Crippen molar-refractivity contribution in [2.45, 2.75) is 6.42 Å². The van der Waals surface area contributed by atoms with Gasteiger partial charge in [-0.1, -0.05) is 35.3 Å². The van der Waals surface area contributed by atoms with Gasteiger partial charge in [-0.15, -0.1) is 0 Å². The largest absolute Gasteiger partial charge is 0.352 e. The van der Waals surface area contributed by atoms with Gasteiger partial charge < -0.3 is 5.32 Å². The molecule has 0 aliphatic heterocycles. The molecule has 0 aliphatic rings. The highest BCUT2D eigenvalue weighted by molar-refractivity contribution is 6.30. The minimum Gasteiger partial charge on any atom is -0.352 e. The van der Waals surface area contributed by atoms with Crippen molar-refractivity contribution in [1.82, 2.24) is 5.32 Å². The number of hydrogen-bond acceptors (Lipinski definition) is 1. The van der Waals surface area contributed by atoms with Crippen LogP contribution in [0.1, 0.15) is 15.9 Å². The van der Waals surface area contributed by atoms with Crippen LogP contribution in [0.5, 0.6) is 0 Å². The predicted octanol–water partition coefficient (Wildman–Crippen LogP) is 3.97. The van der Waals surface area contributed by atoms with Gasteiger partial charge in [0.05, 0.1) is 0 Å². The van der Waals surface area contributed by atoms with Gasteiger partial charge in [0.2, 0.25) is 0 Å². The van der Waals surface area contributed by atoms with E-state index in [4.69, 9.17) is 23.2 Å². The molecule has 0 aliphatic carbocycles. The highest BCUT2D eigenvalue weighted by atomic mass is 35.5. The maximum atomic E-state index is 11.8. The molecule has 1 amide bonds. The summed E-state index contributed by atoms with van der Waals surface area (Å²) in [7, 11) is 0. The summed E-state index contributed by atoms with van der Waals surface area (Å²) in [6, 6.07) is 14.4. The molecule has 0 bridgehead atoms. The number of amides is 1. The van der Waals surface area contributed by atoms with Crippen LogP contribution in [0.2, 0.25) is 10.0 Å². The molecule has 0 unspecified atom stereocenters. The lowest BCUT2D eigenvalue weighted by Gasteiger charge is -2.05. The Morgan fingerprint density at radius 1 is 0.895 bits per heavy atom. The predicted molar refractivity (Wildman–Crippen MR) is 78.9 cm³/mol. The molecule has 0 heterocycles. The van der Waals surface area contributed by atoms with E-state index < -0.39 is 0 Å². The third-order valence-electron chi connectivity index (χ3n) is 2.72. The van der Waals surface area contributed by atoms with E-state index in [2.05, 4.69) is 5.32 Å². The maximum Gasteiger partial charge on any atom is 0.251 e. The number of hydrogen-bond donors (Lipinski definition) is 1. The average Bonchev–Trinajstić information content (AvgIpc) is 2.41. The van der Waals surface area contributed by atoms with Gasteiger partial charge in [0.15, 0.2) is 0 Å². The molecule has 19 heavy (non-hydrogen) atoms. The standard InChI is InChI=1S/C15H13Cl2NO/c16-13-5-1-11(2-6-13)9-10-18-15(19)12-3-7-14(17)8-4-12/h1-8H,9-10H2,(H,18,19). The Balaban J connectivity index is 1.84. The van der Waals surface area contributed by atoms with Crippen molar-refractivity contribution in [3.05, 3.63) is 69.7 Å². The molecule has 0 fully saturated rings. The molecule has 0 saturated heterocycles. The van der Waals surface area contributed by atoms with E-state index in [0.29, 0.717) is 22.2 Å². The molecular formula is C15H13Cl2NO. The fraction of sp³-hybridized carbons (Fsp3) is 0.133. The summed E-state index contributed by atoms with van der Waals surface area (Å²) in [5.41, 5.74) is 1.75. The Kier molecular flexibility index (Phi) is 4.83. The summed E-state index contributed by atoms with van der Waals surface area (Å²) in [5, 5.41) is 4.21. The number of halogens is 2. The van der Waals surface area contributed by atoms with Gasteiger partial charge in [-0.05, 0) is 48.4 Å². The highest BCUT2D eigenvalue weighted by Gasteiger charge is 2.04. The number of nitrogens with one attached hydrogen (secondary N) is 1. The first-order chi connectivity index (χ1) is 9.15. The van der Waals surface area contributed by atoms with Gasteiger partial charge in [-0.2, -0.15) is 0 Å². The molecule has 98 valence electrons. The first kappa shape index (κ1) is 13.9. The quantitative estimate of drug-likeness (QED) is 0.908. The lowest BCUT2D eigenvalue weighted by molar-refractivity contribution is 0.0954. The van der Waals surface area contributed by atoms with E-state index in [9.17, 15) is 4.79 Å². The molecule has 2 nitrogen and oxygen atoms in total. The van der Waals surface area contributed by atoms with Crippen molar-refractivity contribution in [1.29, 1.82) is 0 Å². The number of rotatable bonds is 4. The van der Waals surface area contributed by atoms with Crippen molar-refractivity contribution < 1.29 is 4.79 Å². The normalized spacial score (nSPS) is 10.2. The summed E-state index contributed by atoms with van der Waals surface area (Å²) < 4.78 is 0. The van der Waals surface area contributed by atoms with Crippen molar-refractivity contribution in [2.24, 2.45) is 0 Å². The summed E-state index contributed by atoms with van der Waals surface area (Å²) in [6.07, 6.45) is 0.774. The second-order valence-electron chi connectivity index (χ2n) is 4.14. The Morgan fingerprint density at radius 2 is 1.42 bits per heavy atom. The minimum atomic E-state index is -0.0920. The van der Waals surface area contributed by atoms with Gasteiger partial charge >= 0.3 is 0 Å². The van der Waals surface area contributed by atoms with Crippen molar-refractivity contribution in [2.75, 3.05) is 6.54 Å². The van der Waals surface area contributed by atoms with Crippen LogP contribution in [0.3, 0.4) is 0 Å². The topological polar surface area (TPSA) is 29.1 Å². The molecule has 0 aromatic heterocycles. The zero-order chi connectivity index (χ0) is 13.7. The lowest BCUT2D eigenvalue weighted by atomic mass is 10.1. The Bertz CT molecular complexity index is 549. The van der Waals surface area contributed by atoms with Gasteiger partial charge in [0.25, 0.3) is 5.91 Å². The molecule has 1 N–H and O–H groups in total. The van der Waals surface area contributed by atoms with E-state index in [1.54, 1.807) is 24.3 Å². The second-order valence-corrected chi connectivity index (χ2v) is 5.01. The zero-order valence-electron chi connectivity index (χ0n) is 10.2. The minimum absolute atomic E-state index is 0.0920. The van der Waals surface area contributed by atoms with Crippen LogP contribution in [-0.2, 0) is 6.42 Å². The molecule has 0 atom stereocenters. The van der Waals surface area contributed by atoms with E-state index in [0.717, 1.165) is 12.0 Å². The van der Waals surface area contributed by atoms with Crippen molar-refractivity contribution in [3.63, 3.8) is 0 Å². The lowest BCUT2D eigenvalue weighted by Crippen LogP contribution is -2.25. The van der Waals surface area contributed by atoms with Crippen LogP contribution >= 0.6 is 23.2 Å². The highest BCUT2D eigenvalue weighted by Crippen LogP contribution is 2.10. The molecule has 0 spiro atoms. The molecule has 0 saturated carbocycles. The van der Waals surface area contributed by atoms with Crippen molar-refractivity contribution >= 4 is 29.1 Å². The van der Waals surface area contributed by atoms with Crippen LogP contribution in [0.4, 0.5) is 0 Å². The monoisotopic (exact) mass is 293 g/mol.